The highest BCUT2D eigenvalue weighted by Crippen LogP contribution is 2.15. The van der Waals surface area contributed by atoms with Crippen molar-refractivity contribution in [3.8, 4) is 6.07 Å². The molecule has 1 rings (SSSR count). The number of rotatable bonds is 5. The molecule has 0 unspecified atom stereocenters. The van der Waals surface area contributed by atoms with Crippen LogP contribution < -0.4 is 10.6 Å². The summed E-state index contributed by atoms with van der Waals surface area (Å²) in [4.78, 5) is 11.2. The van der Waals surface area contributed by atoms with Gasteiger partial charge in [0.05, 0.1) is 12.5 Å². The van der Waals surface area contributed by atoms with Crippen molar-refractivity contribution in [1.29, 1.82) is 5.26 Å². The van der Waals surface area contributed by atoms with E-state index in [1.54, 1.807) is 0 Å². The highest BCUT2D eigenvalue weighted by atomic mass is 16.1. The van der Waals surface area contributed by atoms with Gasteiger partial charge in [-0.05, 0) is 18.2 Å². The van der Waals surface area contributed by atoms with E-state index in [0.29, 0.717) is 19.4 Å². The molecule has 16 heavy (non-hydrogen) atoms. The zero-order valence-electron chi connectivity index (χ0n) is 9.29. The SMILES string of the molecule is CCC(=O)Nc1cccc(NCCC#N)c1. The number of hydrogen-bond donors (Lipinski definition) is 2. The van der Waals surface area contributed by atoms with E-state index in [-0.39, 0.29) is 5.91 Å². The lowest BCUT2D eigenvalue weighted by Crippen LogP contribution is -2.09. The van der Waals surface area contributed by atoms with E-state index in [1.165, 1.54) is 0 Å². The van der Waals surface area contributed by atoms with Crippen molar-refractivity contribution in [1.82, 2.24) is 0 Å². The third kappa shape index (κ3) is 4.01. The second kappa shape index (κ2) is 6.46. The maximum atomic E-state index is 11.2. The summed E-state index contributed by atoms with van der Waals surface area (Å²) in [6, 6.07) is 9.51. The molecule has 0 fully saturated rings. The molecule has 1 aromatic rings. The van der Waals surface area contributed by atoms with Gasteiger partial charge >= 0.3 is 0 Å². The van der Waals surface area contributed by atoms with Crippen molar-refractivity contribution in [2.24, 2.45) is 0 Å². The molecule has 4 heteroatoms. The molecule has 0 aromatic heterocycles. The van der Waals surface area contributed by atoms with E-state index < -0.39 is 0 Å². The first-order chi connectivity index (χ1) is 7.76. The van der Waals surface area contributed by atoms with Crippen LogP contribution in [0.15, 0.2) is 24.3 Å². The van der Waals surface area contributed by atoms with E-state index in [2.05, 4.69) is 16.7 Å². The van der Waals surface area contributed by atoms with Crippen LogP contribution in [0, 0.1) is 11.3 Å². The summed E-state index contributed by atoms with van der Waals surface area (Å²) < 4.78 is 0. The van der Waals surface area contributed by atoms with E-state index >= 15 is 0 Å². The minimum atomic E-state index is -0.00539. The van der Waals surface area contributed by atoms with Crippen LogP contribution in [-0.4, -0.2) is 12.5 Å². The Morgan fingerprint density at radius 1 is 1.44 bits per heavy atom. The molecule has 0 atom stereocenters. The molecular weight excluding hydrogens is 202 g/mol. The van der Waals surface area contributed by atoms with Gasteiger partial charge in [-0.15, -0.1) is 0 Å². The standard InChI is InChI=1S/C12H15N3O/c1-2-12(16)15-11-6-3-5-10(9-11)14-8-4-7-13/h3,5-6,9,14H,2,4,8H2,1H3,(H,15,16). The molecule has 4 nitrogen and oxygen atoms in total. The van der Waals surface area contributed by atoms with E-state index in [9.17, 15) is 4.79 Å². The van der Waals surface area contributed by atoms with Crippen molar-refractivity contribution in [2.45, 2.75) is 19.8 Å². The maximum absolute atomic E-state index is 11.2. The first-order valence-corrected chi connectivity index (χ1v) is 5.27. The highest BCUT2D eigenvalue weighted by molar-refractivity contribution is 5.90. The van der Waals surface area contributed by atoms with Crippen molar-refractivity contribution in [3.63, 3.8) is 0 Å². The van der Waals surface area contributed by atoms with Crippen LogP contribution in [0.1, 0.15) is 19.8 Å². The molecule has 0 saturated heterocycles. The van der Waals surface area contributed by atoms with Gasteiger partial charge in [-0.25, -0.2) is 0 Å². The van der Waals surface area contributed by atoms with Crippen LogP contribution >= 0.6 is 0 Å². The van der Waals surface area contributed by atoms with Crippen molar-refractivity contribution >= 4 is 17.3 Å². The number of benzene rings is 1. The van der Waals surface area contributed by atoms with E-state index in [4.69, 9.17) is 5.26 Å². The molecular formula is C12H15N3O. The number of anilines is 2. The summed E-state index contributed by atoms with van der Waals surface area (Å²) in [5, 5.41) is 14.3. The Bertz CT molecular complexity index is 395. The topological polar surface area (TPSA) is 64.9 Å². The summed E-state index contributed by atoms with van der Waals surface area (Å²) in [5.41, 5.74) is 1.68. The Labute approximate surface area is 95.3 Å². The van der Waals surface area contributed by atoms with Gasteiger partial charge in [0, 0.05) is 24.3 Å². The smallest absolute Gasteiger partial charge is 0.224 e. The van der Waals surface area contributed by atoms with Crippen molar-refractivity contribution in [2.75, 3.05) is 17.2 Å². The monoisotopic (exact) mass is 217 g/mol. The number of nitriles is 1. The van der Waals surface area contributed by atoms with Gasteiger partial charge < -0.3 is 10.6 Å². The summed E-state index contributed by atoms with van der Waals surface area (Å²) in [5.74, 6) is -0.00539. The molecule has 0 saturated carbocycles. The van der Waals surface area contributed by atoms with E-state index in [1.807, 2.05) is 31.2 Å². The average molecular weight is 217 g/mol. The zero-order chi connectivity index (χ0) is 11.8. The van der Waals surface area contributed by atoms with Gasteiger partial charge in [0.1, 0.15) is 0 Å². The van der Waals surface area contributed by atoms with Crippen molar-refractivity contribution < 1.29 is 4.79 Å². The maximum Gasteiger partial charge on any atom is 0.224 e. The Morgan fingerprint density at radius 3 is 2.88 bits per heavy atom. The van der Waals surface area contributed by atoms with Gasteiger partial charge in [-0.1, -0.05) is 13.0 Å². The molecule has 0 heterocycles. The van der Waals surface area contributed by atoms with Crippen LogP contribution in [0.25, 0.3) is 0 Å². The lowest BCUT2D eigenvalue weighted by atomic mass is 10.2. The number of carbonyl (C=O) groups is 1. The summed E-state index contributed by atoms with van der Waals surface area (Å²) in [6.45, 7) is 2.42. The highest BCUT2D eigenvalue weighted by Gasteiger charge is 1.99. The van der Waals surface area contributed by atoms with Gasteiger partial charge in [-0.2, -0.15) is 5.26 Å². The zero-order valence-corrected chi connectivity index (χ0v) is 9.29. The molecule has 2 N–H and O–H groups in total. The van der Waals surface area contributed by atoms with Crippen LogP contribution in [0.2, 0.25) is 0 Å². The molecule has 0 aliphatic heterocycles. The molecule has 0 spiro atoms. The molecule has 0 aliphatic rings. The predicted octanol–water partition coefficient (Wildman–Crippen LogP) is 2.36. The first-order valence-electron chi connectivity index (χ1n) is 5.27. The third-order valence-electron chi connectivity index (χ3n) is 2.03. The second-order valence-electron chi connectivity index (χ2n) is 3.32. The molecule has 0 bridgehead atoms. The van der Waals surface area contributed by atoms with Crippen LogP contribution in [-0.2, 0) is 4.79 Å². The minimum absolute atomic E-state index is 0.00539. The van der Waals surface area contributed by atoms with E-state index in [0.717, 1.165) is 11.4 Å². The van der Waals surface area contributed by atoms with Gasteiger partial charge in [0.25, 0.3) is 0 Å². The van der Waals surface area contributed by atoms with Crippen LogP contribution in [0.5, 0.6) is 0 Å². The number of nitrogens with one attached hydrogen (secondary N) is 2. The van der Waals surface area contributed by atoms with Crippen LogP contribution in [0.3, 0.4) is 0 Å². The fourth-order valence-corrected chi connectivity index (χ4v) is 1.22. The lowest BCUT2D eigenvalue weighted by Gasteiger charge is -2.07. The quantitative estimate of drug-likeness (QED) is 0.744. The normalized spacial score (nSPS) is 9.25. The van der Waals surface area contributed by atoms with Crippen LogP contribution in [0.4, 0.5) is 11.4 Å². The molecule has 84 valence electrons. The average Bonchev–Trinajstić information content (AvgIpc) is 2.30. The largest absolute Gasteiger partial charge is 0.384 e. The van der Waals surface area contributed by atoms with Gasteiger partial charge in [0.15, 0.2) is 0 Å². The second-order valence-corrected chi connectivity index (χ2v) is 3.32. The lowest BCUT2D eigenvalue weighted by molar-refractivity contribution is -0.115. The Kier molecular flexibility index (Phi) is 4.87. The van der Waals surface area contributed by atoms with Gasteiger partial charge in [-0.3, -0.25) is 4.79 Å². The minimum Gasteiger partial charge on any atom is -0.384 e. The molecule has 1 amide bonds. The summed E-state index contributed by atoms with van der Waals surface area (Å²) in [6.07, 6.45) is 0.928. The Morgan fingerprint density at radius 2 is 2.19 bits per heavy atom. The fraction of sp³-hybridized carbons (Fsp3) is 0.333. The summed E-state index contributed by atoms with van der Waals surface area (Å²) >= 11 is 0. The Hall–Kier alpha value is -2.02. The summed E-state index contributed by atoms with van der Waals surface area (Å²) in [7, 11) is 0. The Balaban J connectivity index is 2.57. The number of amides is 1. The fourth-order valence-electron chi connectivity index (χ4n) is 1.22. The molecule has 0 aliphatic carbocycles. The third-order valence-corrected chi connectivity index (χ3v) is 2.03. The first kappa shape index (κ1) is 12.1. The van der Waals surface area contributed by atoms with Gasteiger partial charge in [0.2, 0.25) is 5.91 Å². The van der Waals surface area contributed by atoms with Crippen molar-refractivity contribution in [3.05, 3.63) is 24.3 Å². The molecule has 1 aromatic carbocycles. The molecule has 0 radical (unpaired) electrons. The predicted molar refractivity (Wildman–Crippen MR) is 64.1 cm³/mol. The number of nitrogens with zero attached hydrogens (tertiary/aromatic N) is 1. The number of hydrogen-bond acceptors (Lipinski definition) is 3. The number of carbonyl (C=O) groups excluding carboxylic acids is 1.